The topological polar surface area (TPSA) is 101 Å². The summed E-state index contributed by atoms with van der Waals surface area (Å²) in [6.07, 6.45) is 3.65. The maximum atomic E-state index is 11.6. The zero-order valence-corrected chi connectivity index (χ0v) is 19.6. The predicted octanol–water partition coefficient (Wildman–Crippen LogP) is 3.64. The van der Waals surface area contributed by atoms with Gasteiger partial charge in [0.15, 0.2) is 8.32 Å². The van der Waals surface area contributed by atoms with E-state index in [1.807, 2.05) is 0 Å². The van der Waals surface area contributed by atoms with E-state index < -0.39 is 14.4 Å². The van der Waals surface area contributed by atoms with E-state index >= 15 is 0 Å². The fourth-order valence-corrected chi connectivity index (χ4v) is 5.76. The second-order valence-electron chi connectivity index (χ2n) is 10.1. The smallest absolute Gasteiger partial charge is 0.405 e. The van der Waals surface area contributed by atoms with Crippen LogP contribution in [0, 0.1) is 5.92 Å². The van der Waals surface area contributed by atoms with Crippen molar-refractivity contribution in [1.29, 1.82) is 0 Å². The average molecular weight is 421 g/mol. The van der Waals surface area contributed by atoms with Gasteiger partial charge in [0.05, 0.1) is 29.7 Å². The van der Waals surface area contributed by atoms with E-state index in [0.29, 0.717) is 12.2 Å². The van der Waals surface area contributed by atoms with Crippen LogP contribution >= 0.6 is 0 Å². The first-order valence-electron chi connectivity index (χ1n) is 10.6. The van der Waals surface area contributed by atoms with Crippen molar-refractivity contribution < 1.29 is 14.3 Å². The Kier molecular flexibility index (Phi) is 5.88. The van der Waals surface area contributed by atoms with Gasteiger partial charge in [-0.3, -0.25) is 4.98 Å². The van der Waals surface area contributed by atoms with E-state index in [0.717, 1.165) is 37.2 Å². The third-order valence-corrected chi connectivity index (χ3v) is 11.3. The van der Waals surface area contributed by atoms with E-state index in [1.165, 1.54) is 5.56 Å². The molecule has 1 fully saturated rings. The highest BCUT2D eigenvalue weighted by Gasteiger charge is 2.45. The molecular formula is C21H36N4O3Si. The molecular weight excluding hydrogens is 384 g/mol. The summed E-state index contributed by atoms with van der Waals surface area (Å²) >= 11 is 0. The van der Waals surface area contributed by atoms with Crippen molar-refractivity contribution in [3.63, 3.8) is 0 Å². The summed E-state index contributed by atoms with van der Waals surface area (Å²) in [6.45, 7) is 14.6. The molecule has 1 aliphatic heterocycles. The molecule has 1 aliphatic carbocycles. The number of carbonyl (C=O) groups is 1. The third kappa shape index (κ3) is 4.38. The lowest BCUT2D eigenvalue weighted by Crippen LogP contribution is -2.62. The second kappa shape index (κ2) is 7.79. The number of fused-ring (bicyclic) bond motifs is 1. The minimum Gasteiger partial charge on any atom is -0.465 e. The molecule has 0 radical (unpaired) electrons. The van der Waals surface area contributed by atoms with E-state index in [4.69, 9.17) is 10.2 Å². The number of hydrogen-bond acceptors (Lipinski definition) is 5. The predicted molar refractivity (Wildman–Crippen MR) is 119 cm³/mol. The second-order valence-corrected chi connectivity index (χ2v) is 14.9. The fraction of sp³-hybridized carbons (Fsp3) is 0.714. The highest BCUT2D eigenvalue weighted by Crippen LogP contribution is 2.41. The lowest BCUT2D eigenvalue weighted by molar-refractivity contribution is 0.0721. The maximum Gasteiger partial charge on any atom is 0.405 e. The van der Waals surface area contributed by atoms with Gasteiger partial charge in [-0.15, -0.1) is 0 Å². The SMILES string of the molecule is C[C@H]1CN(c2c(N)cnc3c2CCC3)C[C@@H](NC(=O)O)[C@H]1O[Si](C)(C)C(C)(C)C. The number of anilines is 2. The Bertz CT molecular complexity index is 778. The van der Waals surface area contributed by atoms with Gasteiger partial charge in [0.2, 0.25) is 0 Å². The van der Waals surface area contributed by atoms with Crippen molar-refractivity contribution in [3.05, 3.63) is 17.5 Å². The molecule has 29 heavy (non-hydrogen) atoms. The number of hydrogen-bond donors (Lipinski definition) is 3. The van der Waals surface area contributed by atoms with E-state index in [2.05, 4.69) is 56.0 Å². The highest BCUT2D eigenvalue weighted by molar-refractivity contribution is 6.74. The number of nitrogens with one attached hydrogen (secondary N) is 1. The van der Waals surface area contributed by atoms with Gasteiger partial charge in [-0.05, 0) is 43.0 Å². The number of nitrogen functional groups attached to an aromatic ring is 1. The minimum atomic E-state index is -2.04. The molecule has 0 bridgehead atoms. The molecule has 7 nitrogen and oxygen atoms in total. The number of nitrogens with two attached hydrogens (primary N) is 1. The molecule has 3 rings (SSSR count). The standard InChI is InChI=1S/C21H36N4O3Si/c1-13-11-25(18-14-8-7-9-16(14)23-10-15(18)22)12-17(24-20(26)27)19(13)28-29(5,6)21(2,3)4/h10,13,17,19,24H,7-9,11-12,22H2,1-6H3,(H,26,27)/t13-,17+,19-/m0/s1. The van der Waals surface area contributed by atoms with Crippen molar-refractivity contribution in [3.8, 4) is 0 Å². The average Bonchev–Trinajstić information content (AvgIpc) is 3.04. The van der Waals surface area contributed by atoms with Gasteiger partial charge in [-0.2, -0.15) is 0 Å². The molecule has 0 saturated carbocycles. The Labute approximate surface area is 175 Å². The Morgan fingerprint density at radius 2 is 2.03 bits per heavy atom. The quantitative estimate of drug-likeness (QED) is 0.643. The zero-order chi connectivity index (χ0) is 21.6. The van der Waals surface area contributed by atoms with E-state index in [9.17, 15) is 9.90 Å². The summed E-state index contributed by atoms with van der Waals surface area (Å²) < 4.78 is 6.72. The number of rotatable bonds is 4. The van der Waals surface area contributed by atoms with Gasteiger partial charge in [0.1, 0.15) is 0 Å². The summed E-state index contributed by atoms with van der Waals surface area (Å²) in [4.78, 5) is 18.3. The number of pyridine rings is 1. The van der Waals surface area contributed by atoms with Gasteiger partial charge in [-0.1, -0.05) is 27.7 Å². The Morgan fingerprint density at radius 3 is 2.66 bits per heavy atom. The van der Waals surface area contributed by atoms with E-state index in [-0.39, 0.29) is 23.1 Å². The molecule has 1 amide bonds. The first-order chi connectivity index (χ1) is 13.4. The number of nitrogens with zero attached hydrogens (tertiary/aromatic N) is 2. The normalized spacial score (nSPS) is 25.0. The maximum absolute atomic E-state index is 11.6. The third-order valence-electron chi connectivity index (χ3n) is 6.85. The summed E-state index contributed by atoms with van der Waals surface area (Å²) in [5, 5.41) is 12.3. The molecule has 1 saturated heterocycles. The number of amides is 1. The number of aromatic nitrogens is 1. The van der Waals surface area contributed by atoms with Gasteiger partial charge >= 0.3 is 6.09 Å². The molecule has 162 valence electrons. The largest absolute Gasteiger partial charge is 0.465 e. The van der Waals surface area contributed by atoms with Crippen LogP contribution in [0.3, 0.4) is 0 Å². The summed E-state index contributed by atoms with van der Waals surface area (Å²) in [5.41, 5.74) is 10.4. The van der Waals surface area contributed by atoms with Crippen molar-refractivity contribution in [2.45, 2.75) is 77.2 Å². The number of piperidine rings is 1. The summed E-state index contributed by atoms with van der Waals surface area (Å²) in [6, 6.07) is -0.310. The van der Waals surface area contributed by atoms with Gasteiger partial charge < -0.3 is 25.5 Å². The lowest BCUT2D eigenvalue weighted by Gasteiger charge is -2.48. The van der Waals surface area contributed by atoms with Crippen molar-refractivity contribution in [2.75, 3.05) is 23.7 Å². The molecule has 0 spiro atoms. The van der Waals surface area contributed by atoms with Gasteiger partial charge in [-0.25, -0.2) is 4.79 Å². The number of carboxylic acid groups (broad SMARTS) is 1. The molecule has 1 aromatic rings. The molecule has 4 N–H and O–H groups in total. The fourth-order valence-electron chi connectivity index (χ4n) is 4.33. The van der Waals surface area contributed by atoms with Crippen LogP contribution in [-0.4, -0.2) is 49.7 Å². The zero-order valence-electron chi connectivity index (χ0n) is 18.6. The summed E-state index contributed by atoms with van der Waals surface area (Å²) in [7, 11) is -2.04. The van der Waals surface area contributed by atoms with Crippen molar-refractivity contribution in [1.82, 2.24) is 10.3 Å². The highest BCUT2D eigenvalue weighted by atomic mass is 28.4. The molecule has 0 unspecified atom stereocenters. The first kappa shape index (κ1) is 21.9. The van der Waals surface area contributed by atoms with Crippen LogP contribution in [0.4, 0.5) is 16.2 Å². The van der Waals surface area contributed by atoms with Gasteiger partial charge in [0.25, 0.3) is 0 Å². The van der Waals surface area contributed by atoms with E-state index in [1.54, 1.807) is 6.20 Å². The van der Waals surface area contributed by atoms with Crippen LogP contribution in [-0.2, 0) is 17.3 Å². The molecule has 8 heteroatoms. The monoisotopic (exact) mass is 420 g/mol. The lowest BCUT2D eigenvalue weighted by atomic mass is 9.91. The van der Waals surface area contributed by atoms with Crippen molar-refractivity contribution in [2.24, 2.45) is 5.92 Å². The van der Waals surface area contributed by atoms with Crippen LogP contribution in [0.25, 0.3) is 0 Å². The molecule has 3 atom stereocenters. The Balaban J connectivity index is 1.90. The summed E-state index contributed by atoms with van der Waals surface area (Å²) in [5.74, 6) is 0.166. The Morgan fingerprint density at radius 1 is 1.34 bits per heavy atom. The molecule has 2 aliphatic rings. The molecule has 0 aromatic carbocycles. The van der Waals surface area contributed by atoms with Gasteiger partial charge in [0, 0.05) is 24.7 Å². The first-order valence-corrected chi connectivity index (χ1v) is 13.5. The van der Waals surface area contributed by atoms with Crippen LogP contribution in [0.1, 0.15) is 45.4 Å². The van der Waals surface area contributed by atoms with Crippen LogP contribution in [0.2, 0.25) is 18.1 Å². The van der Waals surface area contributed by atoms with Crippen molar-refractivity contribution >= 4 is 25.8 Å². The molecule has 1 aromatic heterocycles. The Hall–Kier alpha value is -1.80. The molecule has 2 heterocycles. The van der Waals surface area contributed by atoms with Crippen LogP contribution < -0.4 is 16.0 Å². The van der Waals surface area contributed by atoms with Crippen LogP contribution in [0.15, 0.2) is 6.20 Å². The van der Waals surface area contributed by atoms with Crippen LogP contribution in [0.5, 0.6) is 0 Å². The minimum absolute atomic E-state index is 0.0635. The number of aryl methyl sites for hydroxylation is 1.